The van der Waals surface area contributed by atoms with E-state index in [1.54, 1.807) is 0 Å². The average Bonchev–Trinajstić information content (AvgIpc) is 2.75. The number of hydrogen-bond donors (Lipinski definition) is 0. The highest BCUT2D eigenvalue weighted by molar-refractivity contribution is 5.33. The first-order chi connectivity index (χ1) is 15.6. The molecule has 8 heteroatoms. The second-order valence-electron chi connectivity index (χ2n) is 9.00. The van der Waals surface area contributed by atoms with Crippen LogP contribution in [0.25, 0.3) is 0 Å². The Morgan fingerprint density at radius 2 is 1.27 bits per heavy atom. The largest absolute Gasteiger partial charge is 0.573 e. The molecule has 2 aliphatic rings. The monoisotopic (exact) mass is 476 g/mol. The number of halogens is 6. The molecule has 33 heavy (non-hydrogen) atoms. The summed E-state index contributed by atoms with van der Waals surface area (Å²) in [5.74, 6) is -2.63. The first-order valence-electron chi connectivity index (χ1n) is 11.5. The molecule has 2 aliphatic carbocycles. The lowest BCUT2D eigenvalue weighted by Crippen LogP contribution is -2.37. The van der Waals surface area contributed by atoms with E-state index in [0.29, 0.717) is 36.8 Å². The third kappa shape index (κ3) is 7.71. The molecule has 0 N–H and O–H groups in total. The maximum Gasteiger partial charge on any atom is 0.573 e. The smallest absolute Gasteiger partial charge is 0.432 e. The fraction of sp³-hybridized carbons (Fsp3) is 0.600. The number of hydrogen-bond acceptors (Lipinski definition) is 2. The first kappa shape index (κ1) is 25.5. The van der Waals surface area contributed by atoms with Crippen molar-refractivity contribution >= 4 is 0 Å². The molecule has 184 valence electrons. The van der Waals surface area contributed by atoms with Gasteiger partial charge in [-0.3, -0.25) is 0 Å². The van der Waals surface area contributed by atoms with Crippen molar-refractivity contribution in [3.8, 4) is 11.5 Å². The Balaban J connectivity index is 1.48. The Labute approximate surface area is 190 Å². The van der Waals surface area contributed by atoms with Gasteiger partial charge in [0.15, 0.2) is 11.6 Å². The van der Waals surface area contributed by atoms with Crippen molar-refractivity contribution in [3.63, 3.8) is 0 Å². The summed E-state index contributed by atoms with van der Waals surface area (Å²) in [6.07, 6.45) is 6.57. The Kier molecular flexibility index (Phi) is 8.40. The third-order valence-corrected chi connectivity index (χ3v) is 6.57. The molecule has 0 amide bonds. The van der Waals surface area contributed by atoms with Crippen molar-refractivity contribution in [1.29, 1.82) is 0 Å². The molecular formula is C25H30F6O2. The molecule has 0 aliphatic heterocycles. The predicted molar refractivity (Wildman–Crippen MR) is 114 cm³/mol. The van der Waals surface area contributed by atoms with Crippen LogP contribution in [0.2, 0.25) is 0 Å². The molecule has 0 radical (unpaired) electrons. The molecule has 3 rings (SSSR count). The maximum atomic E-state index is 14.6. The van der Waals surface area contributed by atoms with Gasteiger partial charge in [0.05, 0.1) is 5.92 Å². The van der Waals surface area contributed by atoms with Gasteiger partial charge in [-0.15, -0.1) is 13.2 Å². The van der Waals surface area contributed by atoms with Gasteiger partial charge in [-0.2, -0.15) is 8.78 Å². The van der Waals surface area contributed by atoms with Gasteiger partial charge < -0.3 is 9.47 Å². The maximum absolute atomic E-state index is 14.6. The number of benzene rings is 1. The molecule has 0 heterocycles. The van der Waals surface area contributed by atoms with Crippen LogP contribution in [0, 0.1) is 29.5 Å². The molecule has 2 saturated carbocycles. The molecule has 0 unspecified atom stereocenters. The Bertz CT molecular complexity index is 817. The van der Waals surface area contributed by atoms with Crippen LogP contribution in [0.5, 0.6) is 11.5 Å². The molecular weight excluding hydrogens is 446 g/mol. The zero-order chi connectivity index (χ0) is 24.1. The topological polar surface area (TPSA) is 18.5 Å². The van der Waals surface area contributed by atoms with Crippen molar-refractivity contribution < 1.29 is 35.8 Å². The van der Waals surface area contributed by atoms with Crippen LogP contribution in [0.1, 0.15) is 58.3 Å². The lowest BCUT2D eigenvalue weighted by molar-refractivity contribution is -0.275. The van der Waals surface area contributed by atoms with E-state index < -0.39 is 35.7 Å². The first-order valence-corrected chi connectivity index (χ1v) is 11.5. The van der Waals surface area contributed by atoms with E-state index in [0.717, 1.165) is 18.9 Å². The van der Waals surface area contributed by atoms with E-state index in [2.05, 4.69) is 29.0 Å². The highest BCUT2D eigenvalue weighted by Gasteiger charge is 2.44. The number of allylic oxidation sites excluding steroid dienone is 4. The van der Waals surface area contributed by atoms with Crippen LogP contribution in [-0.4, -0.2) is 12.5 Å². The molecule has 1 aromatic rings. The van der Waals surface area contributed by atoms with Gasteiger partial charge >= 0.3 is 12.5 Å². The minimum Gasteiger partial charge on any atom is -0.432 e. The van der Waals surface area contributed by atoms with Crippen LogP contribution in [-0.2, 0) is 0 Å². The molecule has 1 aromatic carbocycles. The Morgan fingerprint density at radius 3 is 1.76 bits per heavy atom. The summed E-state index contributed by atoms with van der Waals surface area (Å²) in [6, 6.07) is 1.95. The highest BCUT2D eigenvalue weighted by atomic mass is 19.4. The lowest BCUT2D eigenvalue weighted by atomic mass is 9.78. The summed E-state index contributed by atoms with van der Waals surface area (Å²) in [4.78, 5) is 0. The lowest BCUT2D eigenvalue weighted by Gasteiger charge is -2.32. The normalized spacial score (nSPS) is 27.2. The number of ether oxygens (including phenoxy) is 2. The van der Waals surface area contributed by atoms with Crippen LogP contribution >= 0.6 is 0 Å². The van der Waals surface area contributed by atoms with Crippen molar-refractivity contribution in [1.82, 2.24) is 0 Å². The summed E-state index contributed by atoms with van der Waals surface area (Å²) in [6.45, 7) is 2.04. The Morgan fingerprint density at radius 1 is 0.758 bits per heavy atom. The minimum absolute atomic E-state index is 0.251. The van der Waals surface area contributed by atoms with Crippen LogP contribution in [0.15, 0.2) is 42.5 Å². The summed E-state index contributed by atoms with van der Waals surface area (Å²) < 4.78 is 87.9. The quantitative estimate of drug-likeness (QED) is 0.290. The predicted octanol–water partition coefficient (Wildman–Crippen LogP) is 8.44. The average molecular weight is 477 g/mol. The zero-order valence-electron chi connectivity index (χ0n) is 18.6. The minimum atomic E-state index is -5.08. The van der Waals surface area contributed by atoms with Crippen LogP contribution in [0.3, 0.4) is 0 Å². The summed E-state index contributed by atoms with van der Waals surface area (Å²) in [7, 11) is 0. The van der Waals surface area contributed by atoms with Gasteiger partial charge in [0.2, 0.25) is 0 Å². The van der Waals surface area contributed by atoms with Gasteiger partial charge in [0.1, 0.15) is 5.75 Å². The van der Waals surface area contributed by atoms with E-state index in [-0.39, 0.29) is 18.8 Å². The zero-order valence-corrected chi connectivity index (χ0v) is 18.6. The molecule has 0 atom stereocenters. The Hall–Kier alpha value is -2.12. The molecule has 2 fully saturated rings. The van der Waals surface area contributed by atoms with Gasteiger partial charge in [-0.05, 0) is 88.2 Å². The van der Waals surface area contributed by atoms with Crippen molar-refractivity contribution in [2.45, 2.75) is 70.8 Å². The molecule has 0 saturated heterocycles. The highest BCUT2D eigenvalue weighted by Crippen LogP contribution is 2.41. The second kappa shape index (κ2) is 10.9. The summed E-state index contributed by atoms with van der Waals surface area (Å²) >= 11 is 0. The third-order valence-electron chi connectivity index (χ3n) is 6.57. The van der Waals surface area contributed by atoms with E-state index in [4.69, 9.17) is 4.74 Å². The number of alkyl halides is 5. The number of rotatable bonds is 7. The van der Waals surface area contributed by atoms with Gasteiger partial charge in [-0.1, -0.05) is 24.3 Å². The standard InChI is InChI=1S/C25H30F6O2/c1-2-3-17-4-6-18(7-5-17)8-9-19-10-12-20(13-11-19)24(27,28)32-21-14-15-23(22(26)16-21)33-25(29,30)31/h2-3,8-9,14-20H,4-7,10-13H2,1H3/b3-2+,9-8+. The van der Waals surface area contributed by atoms with E-state index >= 15 is 0 Å². The molecule has 0 aromatic heterocycles. The SMILES string of the molecule is C/C=C/C1CCC(/C=C/C2CCC(C(F)(F)Oc3ccc(OC(F)(F)F)c(F)c3)CC2)CC1. The summed E-state index contributed by atoms with van der Waals surface area (Å²) in [5, 5.41) is 0. The van der Waals surface area contributed by atoms with Gasteiger partial charge in [0.25, 0.3) is 0 Å². The second-order valence-corrected chi connectivity index (χ2v) is 9.00. The van der Waals surface area contributed by atoms with Crippen molar-refractivity contribution in [3.05, 3.63) is 48.3 Å². The van der Waals surface area contributed by atoms with Gasteiger partial charge in [-0.25, -0.2) is 4.39 Å². The van der Waals surface area contributed by atoms with E-state index in [1.807, 2.05) is 6.92 Å². The fourth-order valence-electron chi connectivity index (χ4n) is 4.76. The molecule has 0 spiro atoms. The summed E-state index contributed by atoms with van der Waals surface area (Å²) in [5.41, 5.74) is 0. The van der Waals surface area contributed by atoms with Crippen LogP contribution in [0.4, 0.5) is 26.3 Å². The van der Waals surface area contributed by atoms with E-state index in [9.17, 15) is 26.3 Å². The van der Waals surface area contributed by atoms with Crippen molar-refractivity contribution in [2.75, 3.05) is 0 Å². The van der Waals surface area contributed by atoms with E-state index in [1.165, 1.54) is 12.8 Å². The van der Waals surface area contributed by atoms with Gasteiger partial charge in [0, 0.05) is 6.07 Å². The van der Waals surface area contributed by atoms with Crippen molar-refractivity contribution in [2.24, 2.45) is 23.7 Å². The fourth-order valence-corrected chi connectivity index (χ4v) is 4.76. The molecule has 2 nitrogen and oxygen atoms in total. The molecule has 0 bridgehead atoms. The van der Waals surface area contributed by atoms with Crippen LogP contribution < -0.4 is 9.47 Å².